The molecule has 0 aliphatic heterocycles. The minimum Gasteiger partial charge on any atom is -0.484 e. The maximum absolute atomic E-state index is 12.0. The first-order valence-electron chi connectivity index (χ1n) is 5.74. The molecule has 0 radical (unpaired) electrons. The number of carbonyl (C=O) groups excluding carboxylic acids is 1. The topological polar surface area (TPSA) is 26.3 Å². The van der Waals surface area contributed by atoms with Crippen molar-refractivity contribution in [1.82, 2.24) is 0 Å². The molecule has 0 heterocycles. The number of carbonyl (C=O) groups is 1. The zero-order chi connectivity index (χ0) is 13.8. The highest BCUT2D eigenvalue weighted by Crippen LogP contribution is 2.27. The molecule has 19 heavy (non-hydrogen) atoms. The van der Waals surface area contributed by atoms with Crippen molar-refractivity contribution in [3.8, 4) is 5.75 Å². The first kappa shape index (κ1) is 13.9. The number of halogens is 2. The highest BCUT2D eigenvalue weighted by Gasteiger charge is 2.10. The molecule has 0 spiro atoms. The monoisotopic (exact) mass is 294 g/mol. The predicted octanol–water partition coefficient (Wildman–Crippen LogP) is 4.56. The quantitative estimate of drug-likeness (QED) is 0.773. The van der Waals surface area contributed by atoms with E-state index in [9.17, 15) is 4.79 Å². The van der Waals surface area contributed by atoms with Crippen LogP contribution in [-0.4, -0.2) is 12.4 Å². The molecule has 0 N–H and O–H groups in total. The van der Waals surface area contributed by atoms with Crippen LogP contribution in [0.3, 0.4) is 0 Å². The van der Waals surface area contributed by atoms with Crippen LogP contribution in [0.1, 0.15) is 15.9 Å². The molecule has 98 valence electrons. The average molecular weight is 295 g/mol. The lowest BCUT2D eigenvalue weighted by Gasteiger charge is -2.09. The molecular formula is C15H12Cl2O2. The SMILES string of the molecule is Cc1ccccc1C(=O)COc1cc(Cl)ccc1Cl. The number of ether oxygens (including phenoxy) is 1. The molecule has 4 heteroatoms. The van der Waals surface area contributed by atoms with E-state index in [2.05, 4.69) is 0 Å². The van der Waals surface area contributed by atoms with E-state index in [1.807, 2.05) is 25.1 Å². The van der Waals surface area contributed by atoms with Crippen LogP contribution in [0.5, 0.6) is 5.75 Å². The van der Waals surface area contributed by atoms with E-state index in [0.29, 0.717) is 21.4 Å². The molecule has 0 fully saturated rings. The second-order valence-electron chi connectivity index (χ2n) is 4.10. The summed E-state index contributed by atoms with van der Waals surface area (Å²) in [6.45, 7) is 1.82. The Morgan fingerprint density at radius 3 is 2.63 bits per heavy atom. The fourth-order valence-corrected chi connectivity index (χ4v) is 2.03. The second kappa shape index (κ2) is 6.09. The molecular weight excluding hydrogens is 283 g/mol. The Hall–Kier alpha value is -1.51. The fourth-order valence-electron chi connectivity index (χ4n) is 1.69. The smallest absolute Gasteiger partial charge is 0.200 e. The highest BCUT2D eigenvalue weighted by molar-refractivity contribution is 6.34. The summed E-state index contributed by atoms with van der Waals surface area (Å²) in [7, 11) is 0. The number of Topliss-reactive ketones (excluding diaryl/α,β-unsaturated/α-hetero) is 1. The third-order valence-electron chi connectivity index (χ3n) is 2.70. The molecule has 0 atom stereocenters. The summed E-state index contributed by atoms with van der Waals surface area (Å²) < 4.78 is 5.42. The van der Waals surface area contributed by atoms with Crippen molar-refractivity contribution in [2.45, 2.75) is 6.92 Å². The lowest BCUT2D eigenvalue weighted by Crippen LogP contribution is -2.13. The summed E-state index contributed by atoms with van der Waals surface area (Å²) in [5, 5.41) is 0.949. The van der Waals surface area contributed by atoms with Crippen LogP contribution in [-0.2, 0) is 0 Å². The van der Waals surface area contributed by atoms with E-state index in [-0.39, 0.29) is 12.4 Å². The molecule has 0 saturated heterocycles. The first-order chi connectivity index (χ1) is 9.08. The summed E-state index contributed by atoms with van der Waals surface area (Å²) in [5.41, 5.74) is 1.58. The van der Waals surface area contributed by atoms with Gasteiger partial charge in [-0.15, -0.1) is 0 Å². The van der Waals surface area contributed by atoms with E-state index < -0.39 is 0 Å². The maximum atomic E-state index is 12.0. The van der Waals surface area contributed by atoms with Gasteiger partial charge in [-0.1, -0.05) is 47.5 Å². The number of ketones is 1. The normalized spacial score (nSPS) is 10.3. The van der Waals surface area contributed by atoms with Crippen molar-refractivity contribution in [3.05, 3.63) is 63.6 Å². The van der Waals surface area contributed by atoms with Gasteiger partial charge in [-0.05, 0) is 24.6 Å². The van der Waals surface area contributed by atoms with E-state index >= 15 is 0 Å². The molecule has 0 aliphatic carbocycles. The summed E-state index contributed by atoms with van der Waals surface area (Å²) in [5.74, 6) is 0.324. The Labute approximate surface area is 121 Å². The largest absolute Gasteiger partial charge is 0.484 e. The molecule has 2 aromatic rings. The van der Waals surface area contributed by atoms with Gasteiger partial charge in [0.1, 0.15) is 5.75 Å². The number of benzene rings is 2. The molecule has 0 bridgehead atoms. The van der Waals surface area contributed by atoms with Gasteiger partial charge in [0.2, 0.25) is 0 Å². The molecule has 0 unspecified atom stereocenters. The van der Waals surface area contributed by atoms with E-state index in [4.69, 9.17) is 27.9 Å². The zero-order valence-corrected chi connectivity index (χ0v) is 11.8. The van der Waals surface area contributed by atoms with Gasteiger partial charge in [-0.25, -0.2) is 0 Å². The van der Waals surface area contributed by atoms with Gasteiger partial charge >= 0.3 is 0 Å². The summed E-state index contributed by atoms with van der Waals surface area (Å²) >= 11 is 11.8. The summed E-state index contributed by atoms with van der Waals surface area (Å²) in [6.07, 6.45) is 0. The van der Waals surface area contributed by atoms with Crippen LogP contribution in [0, 0.1) is 6.92 Å². The third-order valence-corrected chi connectivity index (χ3v) is 3.24. The van der Waals surface area contributed by atoms with Crippen LogP contribution < -0.4 is 4.74 Å². The van der Waals surface area contributed by atoms with Crippen LogP contribution in [0.15, 0.2) is 42.5 Å². The fraction of sp³-hybridized carbons (Fsp3) is 0.133. The van der Waals surface area contributed by atoms with Crippen LogP contribution in [0.4, 0.5) is 0 Å². The van der Waals surface area contributed by atoms with Crippen molar-refractivity contribution in [3.63, 3.8) is 0 Å². The molecule has 0 amide bonds. The van der Waals surface area contributed by atoms with Crippen molar-refractivity contribution in [2.24, 2.45) is 0 Å². The van der Waals surface area contributed by atoms with Crippen LogP contribution in [0.25, 0.3) is 0 Å². The maximum Gasteiger partial charge on any atom is 0.200 e. The Bertz CT molecular complexity index is 609. The van der Waals surface area contributed by atoms with Gasteiger partial charge in [0.05, 0.1) is 5.02 Å². The van der Waals surface area contributed by atoms with Crippen molar-refractivity contribution < 1.29 is 9.53 Å². The first-order valence-corrected chi connectivity index (χ1v) is 6.50. The Morgan fingerprint density at radius 1 is 1.16 bits per heavy atom. The molecule has 0 saturated carbocycles. The summed E-state index contributed by atoms with van der Waals surface area (Å²) in [6, 6.07) is 12.3. The number of hydrogen-bond donors (Lipinski definition) is 0. The average Bonchev–Trinajstić information content (AvgIpc) is 2.40. The van der Waals surface area contributed by atoms with Gasteiger partial charge in [-0.3, -0.25) is 4.79 Å². The lowest BCUT2D eigenvalue weighted by atomic mass is 10.1. The molecule has 2 nitrogen and oxygen atoms in total. The van der Waals surface area contributed by atoms with Crippen LogP contribution in [0.2, 0.25) is 10.0 Å². The van der Waals surface area contributed by atoms with Crippen molar-refractivity contribution in [2.75, 3.05) is 6.61 Å². The zero-order valence-electron chi connectivity index (χ0n) is 10.3. The number of aryl methyl sites for hydroxylation is 1. The third kappa shape index (κ3) is 3.49. The van der Waals surface area contributed by atoms with E-state index in [0.717, 1.165) is 5.56 Å². The lowest BCUT2D eigenvalue weighted by molar-refractivity contribution is 0.0921. The Kier molecular flexibility index (Phi) is 4.46. The van der Waals surface area contributed by atoms with Crippen LogP contribution >= 0.6 is 23.2 Å². The standard InChI is InChI=1S/C15H12Cl2O2/c1-10-4-2-3-5-12(10)14(18)9-19-15-8-11(16)6-7-13(15)17/h2-8H,9H2,1H3. The minimum atomic E-state index is -0.0888. The minimum absolute atomic E-state index is 0.0646. The predicted molar refractivity (Wildman–Crippen MR) is 77.5 cm³/mol. The highest BCUT2D eigenvalue weighted by atomic mass is 35.5. The van der Waals surface area contributed by atoms with Gasteiger partial charge in [-0.2, -0.15) is 0 Å². The van der Waals surface area contributed by atoms with Crippen molar-refractivity contribution >= 4 is 29.0 Å². The molecule has 2 aromatic carbocycles. The van der Waals surface area contributed by atoms with Gasteiger partial charge in [0.25, 0.3) is 0 Å². The van der Waals surface area contributed by atoms with Gasteiger partial charge < -0.3 is 4.74 Å². The van der Waals surface area contributed by atoms with E-state index in [1.165, 1.54) is 0 Å². The van der Waals surface area contributed by atoms with Gasteiger partial charge in [0, 0.05) is 16.7 Å². The van der Waals surface area contributed by atoms with E-state index in [1.54, 1.807) is 24.3 Å². The Balaban J connectivity index is 2.09. The number of hydrogen-bond acceptors (Lipinski definition) is 2. The Morgan fingerprint density at radius 2 is 1.89 bits per heavy atom. The molecule has 0 aliphatic rings. The van der Waals surface area contributed by atoms with Crippen molar-refractivity contribution in [1.29, 1.82) is 0 Å². The second-order valence-corrected chi connectivity index (χ2v) is 4.95. The molecule has 2 rings (SSSR count). The summed E-state index contributed by atoms with van der Waals surface area (Å²) in [4.78, 5) is 12.0. The number of rotatable bonds is 4. The molecule has 0 aromatic heterocycles. The van der Waals surface area contributed by atoms with Gasteiger partial charge in [0.15, 0.2) is 12.4 Å².